The van der Waals surface area contributed by atoms with E-state index < -0.39 is 0 Å². The van der Waals surface area contributed by atoms with E-state index in [1.165, 1.54) is 6.42 Å². The monoisotopic (exact) mass is 247 g/mol. The largest absolute Gasteiger partial charge is 0.322 e. The third kappa shape index (κ3) is 3.40. The van der Waals surface area contributed by atoms with Crippen molar-refractivity contribution in [2.45, 2.75) is 32.9 Å². The van der Waals surface area contributed by atoms with Crippen LogP contribution in [-0.4, -0.2) is 21.3 Å². The second kappa shape index (κ2) is 6.40. The van der Waals surface area contributed by atoms with Crippen LogP contribution in [0.4, 0.5) is 0 Å². The number of thioether (sulfide) groups is 1. The van der Waals surface area contributed by atoms with E-state index >= 15 is 0 Å². The Labute approximate surface area is 100 Å². The van der Waals surface area contributed by atoms with E-state index in [0.29, 0.717) is 5.02 Å². The van der Waals surface area contributed by atoms with Crippen LogP contribution in [0.2, 0.25) is 5.02 Å². The fraction of sp³-hybridized carbons (Fsp3) is 0.700. The molecule has 0 aliphatic carbocycles. The molecule has 0 bridgehead atoms. The molecule has 0 aromatic carbocycles. The quantitative estimate of drug-likeness (QED) is 0.787. The Balaban J connectivity index is 2.63. The highest BCUT2D eigenvalue weighted by molar-refractivity contribution is 7.99. The van der Waals surface area contributed by atoms with Crippen LogP contribution in [0.25, 0.3) is 0 Å². The summed E-state index contributed by atoms with van der Waals surface area (Å²) < 4.78 is 1.87. The van der Waals surface area contributed by atoms with E-state index in [-0.39, 0.29) is 6.04 Å². The Kier molecular flexibility index (Phi) is 5.50. The Hall–Kier alpha value is -0.190. The molecule has 0 amide bonds. The van der Waals surface area contributed by atoms with Crippen LogP contribution in [0.5, 0.6) is 0 Å². The van der Waals surface area contributed by atoms with E-state index in [2.05, 4.69) is 12.0 Å². The predicted octanol–water partition coefficient (Wildman–Crippen LogP) is 2.70. The van der Waals surface area contributed by atoms with Gasteiger partial charge in [-0.05, 0) is 19.1 Å². The summed E-state index contributed by atoms with van der Waals surface area (Å²) in [5.74, 6) is 2.05. The van der Waals surface area contributed by atoms with Gasteiger partial charge in [0.15, 0.2) is 0 Å². The van der Waals surface area contributed by atoms with Crippen LogP contribution < -0.4 is 5.73 Å². The molecule has 0 spiro atoms. The van der Waals surface area contributed by atoms with Gasteiger partial charge >= 0.3 is 0 Å². The molecule has 5 heteroatoms. The molecule has 0 aliphatic heterocycles. The van der Waals surface area contributed by atoms with Gasteiger partial charge in [-0.3, -0.25) is 4.68 Å². The Bertz CT molecular complexity index is 301. The summed E-state index contributed by atoms with van der Waals surface area (Å²) >= 11 is 7.92. The molecule has 1 heterocycles. The molecule has 15 heavy (non-hydrogen) atoms. The topological polar surface area (TPSA) is 43.8 Å². The van der Waals surface area contributed by atoms with Gasteiger partial charge < -0.3 is 5.73 Å². The lowest BCUT2D eigenvalue weighted by Gasteiger charge is -2.13. The minimum atomic E-state index is -0.0171. The third-order valence-electron chi connectivity index (χ3n) is 2.13. The molecule has 1 aromatic heterocycles. The first-order valence-corrected chi connectivity index (χ1v) is 6.78. The highest BCUT2D eigenvalue weighted by atomic mass is 35.5. The number of hydrogen-bond donors (Lipinski definition) is 1. The van der Waals surface area contributed by atoms with Crippen LogP contribution in [0.3, 0.4) is 0 Å². The molecule has 1 aromatic rings. The summed E-state index contributed by atoms with van der Waals surface area (Å²) in [5.41, 5.74) is 7.05. The maximum absolute atomic E-state index is 6.09. The van der Waals surface area contributed by atoms with Gasteiger partial charge in [-0.25, -0.2) is 0 Å². The number of halogens is 1. The Morgan fingerprint density at radius 1 is 1.60 bits per heavy atom. The van der Waals surface area contributed by atoms with E-state index in [1.807, 2.05) is 23.4 Å². The summed E-state index contributed by atoms with van der Waals surface area (Å²) in [6, 6.07) is -0.0171. The Morgan fingerprint density at radius 3 is 2.93 bits per heavy atom. The Morgan fingerprint density at radius 2 is 2.33 bits per heavy atom. The van der Waals surface area contributed by atoms with E-state index in [1.54, 1.807) is 6.20 Å². The number of hydrogen-bond acceptors (Lipinski definition) is 3. The lowest BCUT2D eigenvalue weighted by atomic mass is 10.2. The predicted molar refractivity (Wildman–Crippen MR) is 67.5 cm³/mol. The van der Waals surface area contributed by atoms with Crippen LogP contribution in [0, 0.1) is 0 Å². The molecule has 2 N–H and O–H groups in total. The van der Waals surface area contributed by atoms with E-state index in [4.69, 9.17) is 17.3 Å². The first-order valence-electron chi connectivity index (χ1n) is 5.25. The molecule has 86 valence electrons. The number of aromatic nitrogens is 2. The molecular weight excluding hydrogens is 230 g/mol. The second-order valence-corrected chi connectivity index (χ2v) is 4.93. The van der Waals surface area contributed by atoms with Crippen LogP contribution in [0.1, 0.15) is 32.0 Å². The van der Waals surface area contributed by atoms with Crippen molar-refractivity contribution in [3.63, 3.8) is 0 Å². The lowest BCUT2D eigenvalue weighted by molar-refractivity contribution is 0.593. The molecule has 0 fully saturated rings. The molecule has 0 aliphatic rings. The number of nitrogens with zero attached hydrogens (tertiary/aromatic N) is 2. The molecule has 1 unspecified atom stereocenters. The van der Waals surface area contributed by atoms with Crippen molar-refractivity contribution in [2.24, 2.45) is 5.73 Å². The number of nitrogens with two attached hydrogens (primary N) is 1. The summed E-state index contributed by atoms with van der Waals surface area (Å²) in [6.45, 7) is 5.02. The smallest absolute Gasteiger partial charge is 0.0834 e. The lowest BCUT2D eigenvalue weighted by Crippen LogP contribution is -2.18. The van der Waals surface area contributed by atoms with Gasteiger partial charge in [-0.2, -0.15) is 16.9 Å². The maximum atomic E-state index is 6.09. The first-order chi connectivity index (χ1) is 7.20. The van der Waals surface area contributed by atoms with Gasteiger partial charge in [0.1, 0.15) is 0 Å². The van der Waals surface area contributed by atoms with Crippen LogP contribution in [-0.2, 0) is 6.54 Å². The molecular formula is C10H18ClN3S. The molecule has 1 rings (SSSR count). The second-order valence-electron chi connectivity index (χ2n) is 3.37. The van der Waals surface area contributed by atoms with Crippen LogP contribution >= 0.6 is 23.4 Å². The van der Waals surface area contributed by atoms with Crippen LogP contribution in [0.15, 0.2) is 6.20 Å². The van der Waals surface area contributed by atoms with Gasteiger partial charge in [0.2, 0.25) is 0 Å². The van der Waals surface area contributed by atoms with E-state index in [0.717, 1.165) is 23.7 Å². The zero-order valence-corrected chi connectivity index (χ0v) is 10.8. The molecule has 0 saturated carbocycles. The minimum Gasteiger partial charge on any atom is -0.322 e. The van der Waals surface area contributed by atoms with Crippen molar-refractivity contribution in [2.75, 3.05) is 11.5 Å². The van der Waals surface area contributed by atoms with Gasteiger partial charge in [-0.15, -0.1) is 0 Å². The van der Waals surface area contributed by atoms with Crippen molar-refractivity contribution in [1.29, 1.82) is 0 Å². The average molecular weight is 248 g/mol. The fourth-order valence-electron chi connectivity index (χ4n) is 1.43. The summed E-state index contributed by atoms with van der Waals surface area (Å²) in [4.78, 5) is 0. The van der Waals surface area contributed by atoms with Gasteiger partial charge in [0.25, 0.3) is 0 Å². The zero-order valence-electron chi connectivity index (χ0n) is 9.24. The van der Waals surface area contributed by atoms with Crippen molar-refractivity contribution < 1.29 is 0 Å². The average Bonchev–Trinajstić information content (AvgIpc) is 2.59. The summed E-state index contributed by atoms with van der Waals surface area (Å²) in [7, 11) is 0. The highest BCUT2D eigenvalue weighted by Crippen LogP contribution is 2.24. The number of rotatable bonds is 6. The van der Waals surface area contributed by atoms with Gasteiger partial charge in [0.05, 0.1) is 23.0 Å². The highest BCUT2D eigenvalue weighted by Gasteiger charge is 2.15. The zero-order chi connectivity index (χ0) is 11.3. The van der Waals surface area contributed by atoms with Crippen molar-refractivity contribution in [3.05, 3.63) is 16.9 Å². The number of aryl methyl sites for hydroxylation is 1. The molecule has 1 atom stereocenters. The van der Waals surface area contributed by atoms with E-state index in [9.17, 15) is 0 Å². The molecule has 0 radical (unpaired) electrons. The van der Waals surface area contributed by atoms with Crippen molar-refractivity contribution in [3.8, 4) is 0 Å². The fourth-order valence-corrected chi connectivity index (χ4v) is 2.57. The SMILES string of the molecule is CCCSCC(N)c1c(Cl)cnn1CC. The summed E-state index contributed by atoms with van der Waals surface area (Å²) in [6.07, 6.45) is 2.85. The van der Waals surface area contributed by atoms with Gasteiger partial charge in [-0.1, -0.05) is 18.5 Å². The third-order valence-corrected chi connectivity index (χ3v) is 3.71. The first kappa shape index (κ1) is 12.9. The minimum absolute atomic E-state index is 0.0171. The maximum Gasteiger partial charge on any atom is 0.0834 e. The van der Waals surface area contributed by atoms with Gasteiger partial charge in [0, 0.05) is 12.3 Å². The molecule has 3 nitrogen and oxygen atoms in total. The van der Waals surface area contributed by atoms with Crippen molar-refractivity contribution >= 4 is 23.4 Å². The van der Waals surface area contributed by atoms with Crippen molar-refractivity contribution in [1.82, 2.24) is 9.78 Å². The standard InChI is InChI=1S/C10H18ClN3S/c1-3-5-15-7-9(12)10-8(11)6-13-14(10)4-2/h6,9H,3-5,7,12H2,1-2H3. The summed E-state index contributed by atoms with van der Waals surface area (Å²) in [5, 5.41) is 4.86. The normalized spacial score (nSPS) is 13.1. The molecule has 0 saturated heterocycles.